The van der Waals surface area contributed by atoms with Gasteiger partial charge in [-0.05, 0) is 31.2 Å². The second-order valence-electron chi connectivity index (χ2n) is 4.39. The van der Waals surface area contributed by atoms with Crippen molar-refractivity contribution in [3.05, 3.63) is 30.3 Å². The number of likely N-dealkylation sites (N-methyl/N-ethyl adjacent to an activating group) is 1. The molecule has 0 aliphatic rings. The second kappa shape index (κ2) is 8.16. The molecule has 1 aromatic carbocycles. The Morgan fingerprint density at radius 2 is 2.06 bits per heavy atom. The fraction of sp³-hybridized carbons (Fsp3) is 0.500. The van der Waals surface area contributed by atoms with Crippen LogP contribution in [-0.2, 0) is 4.79 Å². The summed E-state index contributed by atoms with van der Waals surface area (Å²) in [5.74, 6) is 1.04. The number of rotatable bonds is 7. The Hall–Kier alpha value is -1.00. The highest BCUT2D eigenvalue weighted by Crippen LogP contribution is 2.18. The predicted octanol–water partition coefficient (Wildman–Crippen LogP) is 2.40. The largest absolute Gasteiger partial charge is 0.392 e. The molecule has 0 fully saturated rings. The zero-order valence-corrected chi connectivity index (χ0v) is 11.8. The summed E-state index contributed by atoms with van der Waals surface area (Å²) in [6.45, 7) is 2.10. The lowest BCUT2D eigenvalue weighted by atomic mass is 10.3. The van der Waals surface area contributed by atoms with Crippen LogP contribution in [0.15, 0.2) is 35.2 Å². The number of carbonyl (C=O) groups excluding carboxylic acids is 1. The molecule has 4 heteroatoms. The van der Waals surface area contributed by atoms with Gasteiger partial charge in [0.1, 0.15) is 0 Å². The number of benzene rings is 1. The predicted molar refractivity (Wildman–Crippen MR) is 75.7 cm³/mol. The van der Waals surface area contributed by atoms with Crippen LogP contribution in [0.5, 0.6) is 0 Å². The van der Waals surface area contributed by atoms with Gasteiger partial charge in [0.15, 0.2) is 0 Å². The number of amides is 1. The van der Waals surface area contributed by atoms with Gasteiger partial charge in [0.05, 0.1) is 6.10 Å². The van der Waals surface area contributed by atoms with E-state index in [9.17, 15) is 9.90 Å². The van der Waals surface area contributed by atoms with Gasteiger partial charge in [-0.3, -0.25) is 4.79 Å². The van der Waals surface area contributed by atoms with Crippen LogP contribution in [0.4, 0.5) is 0 Å². The highest BCUT2D eigenvalue weighted by Gasteiger charge is 2.10. The number of aliphatic hydroxyl groups is 1. The minimum atomic E-state index is -0.461. The fourth-order valence-corrected chi connectivity index (χ4v) is 2.49. The van der Waals surface area contributed by atoms with E-state index in [2.05, 4.69) is 12.1 Å². The number of hydrogen-bond acceptors (Lipinski definition) is 3. The maximum Gasteiger partial charge on any atom is 0.222 e. The van der Waals surface area contributed by atoms with Gasteiger partial charge in [-0.15, -0.1) is 11.8 Å². The van der Waals surface area contributed by atoms with Crippen molar-refractivity contribution in [3.63, 3.8) is 0 Å². The Morgan fingerprint density at radius 1 is 1.39 bits per heavy atom. The van der Waals surface area contributed by atoms with Crippen molar-refractivity contribution in [1.82, 2.24) is 4.90 Å². The molecular weight excluding hydrogens is 246 g/mol. The van der Waals surface area contributed by atoms with Gasteiger partial charge in [0.25, 0.3) is 0 Å². The van der Waals surface area contributed by atoms with Crippen molar-refractivity contribution in [2.75, 3.05) is 19.3 Å². The van der Waals surface area contributed by atoms with Gasteiger partial charge >= 0.3 is 0 Å². The average Bonchev–Trinajstić information content (AvgIpc) is 2.34. The normalized spacial score (nSPS) is 12.2. The zero-order chi connectivity index (χ0) is 13.4. The lowest BCUT2D eigenvalue weighted by Crippen LogP contribution is -2.32. The Labute approximate surface area is 113 Å². The van der Waals surface area contributed by atoms with Gasteiger partial charge in [0, 0.05) is 24.9 Å². The molecule has 3 nitrogen and oxygen atoms in total. The molecule has 0 spiro atoms. The van der Waals surface area contributed by atoms with Gasteiger partial charge in [0.2, 0.25) is 5.91 Å². The van der Waals surface area contributed by atoms with Crippen molar-refractivity contribution in [3.8, 4) is 0 Å². The number of nitrogens with zero attached hydrogens (tertiary/aromatic N) is 1. The van der Waals surface area contributed by atoms with Crippen molar-refractivity contribution < 1.29 is 9.90 Å². The third-order valence-electron chi connectivity index (χ3n) is 2.51. The van der Waals surface area contributed by atoms with E-state index in [0.29, 0.717) is 13.0 Å². The van der Waals surface area contributed by atoms with Crippen LogP contribution in [-0.4, -0.2) is 41.4 Å². The summed E-state index contributed by atoms with van der Waals surface area (Å²) < 4.78 is 0. The van der Waals surface area contributed by atoms with E-state index in [1.165, 1.54) is 4.90 Å². The molecule has 100 valence electrons. The number of aliphatic hydroxyl groups excluding tert-OH is 1. The molecule has 1 amide bonds. The van der Waals surface area contributed by atoms with Crippen LogP contribution in [0.25, 0.3) is 0 Å². The minimum Gasteiger partial charge on any atom is -0.392 e. The highest BCUT2D eigenvalue weighted by molar-refractivity contribution is 7.99. The van der Waals surface area contributed by atoms with Crippen molar-refractivity contribution in [2.45, 2.75) is 30.8 Å². The third-order valence-corrected chi connectivity index (χ3v) is 3.61. The summed E-state index contributed by atoms with van der Waals surface area (Å²) in [7, 11) is 1.74. The van der Waals surface area contributed by atoms with Gasteiger partial charge in [-0.1, -0.05) is 18.2 Å². The summed E-state index contributed by atoms with van der Waals surface area (Å²) in [6, 6.07) is 10.2. The molecule has 1 rings (SSSR count). The zero-order valence-electron chi connectivity index (χ0n) is 11.0. The van der Waals surface area contributed by atoms with E-state index in [1.54, 1.807) is 30.6 Å². The molecule has 1 aromatic rings. The number of thioether (sulfide) groups is 1. The lowest BCUT2D eigenvalue weighted by Gasteiger charge is -2.18. The van der Waals surface area contributed by atoms with Gasteiger partial charge in [-0.2, -0.15) is 0 Å². The van der Waals surface area contributed by atoms with E-state index in [1.807, 2.05) is 18.2 Å². The number of carbonyl (C=O) groups is 1. The Balaban J connectivity index is 2.16. The van der Waals surface area contributed by atoms with Crippen LogP contribution < -0.4 is 0 Å². The third kappa shape index (κ3) is 6.07. The molecule has 0 aromatic heterocycles. The summed E-state index contributed by atoms with van der Waals surface area (Å²) in [6.07, 6.45) is 0.948. The topological polar surface area (TPSA) is 40.5 Å². The van der Waals surface area contributed by atoms with E-state index in [4.69, 9.17) is 0 Å². The molecular formula is C14H21NO2S. The SMILES string of the molecule is CC(O)CN(C)C(=O)CCCSc1ccccc1. The molecule has 1 atom stereocenters. The molecule has 0 saturated heterocycles. The average molecular weight is 267 g/mol. The Morgan fingerprint density at radius 3 is 2.67 bits per heavy atom. The number of hydrogen-bond donors (Lipinski definition) is 1. The van der Waals surface area contributed by atoms with E-state index in [0.717, 1.165) is 12.2 Å². The van der Waals surface area contributed by atoms with E-state index >= 15 is 0 Å². The first-order valence-electron chi connectivity index (χ1n) is 6.19. The van der Waals surface area contributed by atoms with E-state index < -0.39 is 6.10 Å². The molecule has 1 N–H and O–H groups in total. The first kappa shape index (κ1) is 15.1. The maximum atomic E-state index is 11.7. The molecule has 0 saturated carbocycles. The van der Waals surface area contributed by atoms with E-state index in [-0.39, 0.29) is 5.91 Å². The molecule has 18 heavy (non-hydrogen) atoms. The van der Waals surface area contributed by atoms with Crippen LogP contribution in [0.2, 0.25) is 0 Å². The first-order valence-corrected chi connectivity index (χ1v) is 7.18. The van der Waals surface area contributed by atoms with Gasteiger partial charge in [-0.25, -0.2) is 0 Å². The second-order valence-corrected chi connectivity index (χ2v) is 5.56. The molecule has 0 aliphatic heterocycles. The van der Waals surface area contributed by atoms with Crippen LogP contribution in [0.1, 0.15) is 19.8 Å². The Bertz CT molecular complexity index is 354. The summed E-state index contributed by atoms with van der Waals surface area (Å²) >= 11 is 1.77. The van der Waals surface area contributed by atoms with Crippen LogP contribution >= 0.6 is 11.8 Å². The van der Waals surface area contributed by atoms with Gasteiger partial charge < -0.3 is 10.0 Å². The summed E-state index contributed by atoms with van der Waals surface area (Å²) in [5.41, 5.74) is 0. The van der Waals surface area contributed by atoms with Crippen molar-refractivity contribution in [2.24, 2.45) is 0 Å². The van der Waals surface area contributed by atoms with Crippen molar-refractivity contribution in [1.29, 1.82) is 0 Å². The molecule has 0 radical (unpaired) electrons. The molecule has 1 unspecified atom stereocenters. The highest BCUT2D eigenvalue weighted by atomic mass is 32.2. The monoisotopic (exact) mass is 267 g/mol. The maximum absolute atomic E-state index is 11.7. The standard InChI is InChI=1S/C14H21NO2S/c1-12(16)11-15(2)14(17)9-6-10-18-13-7-4-3-5-8-13/h3-5,7-8,12,16H,6,9-11H2,1-2H3. The molecule has 0 heterocycles. The first-order chi connectivity index (χ1) is 8.59. The fourth-order valence-electron chi connectivity index (χ4n) is 1.62. The lowest BCUT2D eigenvalue weighted by molar-refractivity contribution is -0.131. The quantitative estimate of drug-likeness (QED) is 0.609. The molecule has 0 aliphatic carbocycles. The minimum absolute atomic E-state index is 0.101. The summed E-state index contributed by atoms with van der Waals surface area (Å²) in [4.78, 5) is 14.5. The van der Waals surface area contributed by atoms with Crippen LogP contribution in [0, 0.1) is 0 Å². The van der Waals surface area contributed by atoms with Crippen LogP contribution in [0.3, 0.4) is 0 Å². The smallest absolute Gasteiger partial charge is 0.222 e. The Kier molecular flexibility index (Phi) is 6.83. The molecule has 0 bridgehead atoms. The summed E-state index contributed by atoms with van der Waals surface area (Å²) in [5, 5.41) is 9.19. The van der Waals surface area contributed by atoms with Crippen molar-refractivity contribution >= 4 is 17.7 Å².